The summed E-state index contributed by atoms with van der Waals surface area (Å²) >= 11 is 0. The summed E-state index contributed by atoms with van der Waals surface area (Å²) in [6, 6.07) is 1.74. The molecule has 3 rings (SSSR count). The van der Waals surface area contributed by atoms with Crippen molar-refractivity contribution in [3.8, 4) is 0 Å². The number of fused-ring (bicyclic) bond motifs is 1. The first-order valence-corrected chi connectivity index (χ1v) is 7.64. The highest BCUT2D eigenvalue weighted by Gasteiger charge is 2.29. The van der Waals surface area contributed by atoms with Gasteiger partial charge in [-0.3, -0.25) is 0 Å². The Morgan fingerprint density at radius 3 is 2.77 bits per heavy atom. The molecular formula is C16H20N2O4. The molecule has 1 aliphatic carbocycles. The van der Waals surface area contributed by atoms with Crippen molar-refractivity contribution >= 4 is 23.4 Å². The predicted molar refractivity (Wildman–Crippen MR) is 80.9 cm³/mol. The quantitative estimate of drug-likeness (QED) is 0.623. The first kappa shape index (κ1) is 16.1. The van der Waals surface area contributed by atoms with Crippen molar-refractivity contribution in [1.82, 2.24) is 10.1 Å². The number of ether oxygens (including phenoxy) is 1. The molecule has 6 nitrogen and oxygen atoms in total. The van der Waals surface area contributed by atoms with Crippen molar-refractivity contribution in [2.45, 2.75) is 46.0 Å². The number of rotatable bonds is 5. The lowest BCUT2D eigenvalue weighted by atomic mass is 10.1. The average molecular weight is 304 g/mol. The molecular weight excluding hydrogens is 284 g/mol. The average Bonchev–Trinajstić information content (AvgIpc) is 3.32. The molecule has 0 saturated heterocycles. The molecule has 0 bridgehead atoms. The largest absolute Gasteiger partial charge is 0.462 e. The van der Waals surface area contributed by atoms with Crippen LogP contribution >= 0.6 is 0 Å². The Morgan fingerprint density at radius 1 is 1.45 bits per heavy atom. The molecule has 1 aliphatic rings. The molecule has 2 heterocycles. The van der Waals surface area contributed by atoms with Crippen LogP contribution in [-0.4, -0.2) is 29.0 Å². The van der Waals surface area contributed by atoms with Gasteiger partial charge in [-0.15, -0.1) is 0 Å². The van der Waals surface area contributed by atoms with E-state index in [0.29, 0.717) is 28.3 Å². The number of aromatic nitrogens is 2. The summed E-state index contributed by atoms with van der Waals surface area (Å²) in [5.74, 6) is -0.0515. The number of esters is 1. The van der Waals surface area contributed by atoms with Gasteiger partial charge in [-0.25, -0.2) is 9.78 Å². The fraction of sp³-hybridized carbons (Fsp3) is 0.500. The second-order valence-corrected chi connectivity index (χ2v) is 4.77. The first-order chi connectivity index (χ1) is 10.7. The lowest BCUT2D eigenvalue weighted by Crippen LogP contribution is -2.07. The highest BCUT2D eigenvalue weighted by Crippen LogP contribution is 2.40. The van der Waals surface area contributed by atoms with Gasteiger partial charge in [0.15, 0.2) is 0 Å². The van der Waals surface area contributed by atoms with E-state index in [-0.39, 0.29) is 13.0 Å². The van der Waals surface area contributed by atoms with Crippen molar-refractivity contribution in [3.05, 3.63) is 23.0 Å². The van der Waals surface area contributed by atoms with Crippen molar-refractivity contribution in [2.24, 2.45) is 0 Å². The van der Waals surface area contributed by atoms with Gasteiger partial charge in [-0.1, -0.05) is 19.0 Å². The van der Waals surface area contributed by atoms with Crippen LogP contribution in [0.2, 0.25) is 0 Å². The molecule has 22 heavy (non-hydrogen) atoms. The van der Waals surface area contributed by atoms with Gasteiger partial charge >= 0.3 is 5.97 Å². The highest BCUT2D eigenvalue weighted by atomic mass is 16.5. The van der Waals surface area contributed by atoms with Crippen LogP contribution in [0.5, 0.6) is 0 Å². The number of carbonyl (C=O) groups is 2. The Balaban J connectivity index is 0.000000847. The molecule has 0 N–H and O–H groups in total. The third-order valence-electron chi connectivity index (χ3n) is 3.30. The van der Waals surface area contributed by atoms with Gasteiger partial charge in [-0.2, -0.15) is 0 Å². The van der Waals surface area contributed by atoms with Gasteiger partial charge < -0.3 is 14.1 Å². The molecule has 1 fully saturated rings. The molecule has 2 aromatic heterocycles. The Bertz CT molecular complexity index is 674. The summed E-state index contributed by atoms with van der Waals surface area (Å²) < 4.78 is 10.2. The standard InChI is InChI=1S/C14H14N2O4.C2H6/c1-2-19-14(18)9-7-11(8-3-4-8)15-13-12(9)10(5-6-17)16-20-13;1-2/h6-8H,2-5H2,1H3;1-2H3. The van der Waals surface area contributed by atoms with Crippen molar-refractivity contribution in [3.63, 3.8) is 0 Å². The van der Waals surface area contributed by atoms with Crippen molar-refractivity contribution in [2.75, 3.05) is 6.61 Å². The third-order valence-corrected chi connectivity index (χ3v) is 3.30. The molecule has 2 aromatic rings. The molecule has 0 aliphatic heterocycles. The number of hydrogen-bond donors (Lipinski definition) is 0. The van der Waals surface area contributed by atoms with E-state index < -0.39 is 5.97 Å². The zero-order valence-electron chi connectivity index (χ0n) is 13.1. The summed E-state index contributed by atoms with van der Waals surface area (Å²) in [6.07, 6.45) is 2.94. The molecule has 0 unspecified atom stereocenters. The summed E-state index contributed by atoms with van der Waals surface area (Å²) in [6.45, 7) is 6.04. The van der Waals surface area contributed by atoms with E-state index in [4.69, 9.17) is 9.26 Å². The normalized spacial score (nSPS) is 13.4. The zero-order chi connectivity index (χ0) is 16.1. The smallest absolute Gasteiger partial charge is 0.339 e. The maximum absolute atomic E-state index is 12.1. The minimum absolute atomic E-state index is 0.0872. The van der Waals surface area contributed by atoms with Gasteiger partial charge in [0.25, 0.3) is 5.71 Å². The van der Waals surface area contributed by atoms with Crippen LogP contribution in [0, 0.1) is 0 Å². The van der Waals surface area contributed by atoms with E-state index in [1.165, 1.54) is 0 Å². The van der Waals surface area contributed by atoms with Crippen LogP contribution in [0.3, 0.4) is 0 Å². The Hall–Kier alpha value is -2.24. The fourth-order valence-corrected chi connectivity index (χ4v) is 2.21. The summed E-state index contributed by atoms with van der Waals surface area (Å²) in [7, 11) is 0. The van der Waals surface area contributed by atoms with Crippen LogP contribution in [0.25, 0.3) is 11.1 Å². The Kier molecular flexibility index (Phi) is 5.25. The van der Waals surface area contributed by atoms with Crippen LogP contribution in [0.1, 0.15) is 61.3 Å². The topological polar surface area (TPSA) is 82.3 Å². The van der Waals surface area contributed by atoms with Gasteiger partial charge in [-0.05, 0) is 25.8 Å². The number of aldehydes is 1. The van der Waals surface area contributed by atoms with E-state index in [0.717, 1.165) is 24.8 Å². The molecule has 0 atom stereocenters. The lowest BCUT2D eigenvalue weighted by Gasteiger charge is -2.05. The van der Waals surface area contributed by atoms with Crippen LogP contribution < -0.4 is 0 Å². The predicted octanol–water partition coefficient (Wildman–Crippen LogP) is 3.04. The molecule has 0 spiro atoms. The van der Waals surface area contributed by atoms with Crippen LogP contribution in [0.4, 0.5) is 0 Å². The molecule has 0 aromatic carbocycles. The number of hydrogen-bond acceptors (Lipinski definition) is 6. The molecule has 1 saturated carbocycles. The minimum atomic E-state index is -0.433. The van der Waals surface area contributed by atoms with E-state index in [1.54, 1.807) is 13.0 Å². The Labute approximate surface area is 128 Å². The monoisotopic (exact) mass is 304 g/mol. The summed E-state index contributed by atoms with van der Waals surface area (Å²) in [5.41, 5.74) is 1.94. The summed E-state index contributed by atoms with van der Waals surface area (Å²) in [4.78, 5) is 27.2. The number of pyridine rings is 1. The first-order valence-electron chi connectivity index (χ1n) is 7.64. The maximum Gasteiger partial charge on any atom is 0.339 e. The van der Waals surface area contributed by atoms with Crippen LogP contribution in [0.15, 0.2) is 10.6 Å². The van der Waals surface area contributed by atoms with E-state index in [2.05, 4.69) is 10.1 Å². The zero-order valence-corrected chi connectivity index (χ0v) is 13.1. The van der Waals surface area contributed by atoms with Gasteiger partial charge in [0.05, 0.1) is 17.6 Å². The van der Waals surface area contributed by atoms with Gasteiger partial charge in [0.2, 0.25) is 0 Å². The number of nitrogens with zero attached hydrogens (tertiary/aromatic N) is 2. The lowest BCUT2D eigenvalue weighted by molar-refractivity contribution is -0.107. The summed E-state index contributed by atoms with van der Waals surface area (Å²) in [5, 5.41) is 4.32. The van der Waals surface area contributed by atoms with Crippen molar-refractivity contribution < 1.29 is 18.8 Å². The van der Waals surface area contributed by atoms with Crippen LogP contribution in [-0.2, 0) is 16.0 Å². The minimum Gasteiger partial charge on any atom is -0.462 e. The highest BCUT2D eigenvalue weighted by molar-refractivity contribution is 6.03. The fourth-order valence-electron chi connectivity index (χ4n) is 2.21. The second kappa shape index (κ2) is 7.15. The van der Waals surface area contributed by atoms with E-state index in [1.807, 2.05) is 13.8 Å². The van der Waals surface area contributed by atoms with Gasteiger partial charge in [0.1, 0.15) is 12.0 Å². The molecule has 6 heteroatoms. The Morgan fingerprint density at radius 2 is 2.18 bits per heavy atom. The molecule has 0 radical (unpaired) electrons. The van der Waals surface area contributed by atoms with Gasteiger partial charge in [0, 0.05) is 18.0 Å². The van der Waals surface area contributed by atoms with E-state index in [9.17, 15) is 9.59 Å². The number of carbonyl (C=O) groups excluding carboxylic acids is 2. The molecule has 118 valence electrons. The molecule has 0 amide bonds. The van der Waals surface area contributed by atoms with Crippen molar-refractivity contribution in [1.29, 1.82) is 0 Å². The SMILES string of the molecule is CC.CCOC(=O)c1cc(C2CC2)nc2onc(CC=O)c12. The maximum atomic E-state index is 12.1. The third kappa shape index (κ3) is 3.16. The second-order valence-electron chi connectivity index (χ2n) is 4.77. The van der Waals surface area contributed by atoms with E-state index >= 15 is 0 Å².